The van der Waals surface area contributed by atoms with E-state index in [9.17, 15) is 4.79 Å². The number of hydrogen-bond acceptors (Lipinski definition) is 3. The van der Waals surface area contributed by atoms with Crippen LogP contribution >= 0.6 is 0 Å². The fourth-order valence-corrected chi connectivity index (χ4v) is 2.05. The zero-order valence-corrected chi connectivity index (χ0v) is 11.8. The third-order valence-corrected chi connectivity index (χ3v) is 3.11. The van der Waals surface area contributed by atoms with Crippen molar-refractivity contribution < 1.29 is 14.3 Å². The molecule has 0 saturated heterocycles. The summed E-state index contributed by atoms with van der Waals surface area (Å²) in [7, 11) is 0. The molecule has 22 heavy (non-hydrogen) atoms. The molecule has 3 rings (SSSR count). The molecule has 3 aromatic rings. The Hall–Kier alpha value is -3.07. The summed E-state index contributed by atoms with van der Waals surface area (Å²) in [5, 5.41) is 0. The predicted molar refractivity (Wildman–Crippen MR) is 85.0 cm³/mol. The number of rotatable bonds is 3. The van der Waals surface area contributed by atoms with Crippen molar-refractivity contribution >= 4 is 6.16 Å². The molecule has 0 heterocycles. The van der Waals surface area contributed by atoms with Crippen molar-refractivity contribution in [2.45, 2.75) is 0 Å². The van der Waals surface area contributed by atoms with Crippen LogP contribution in [0.2, 0.25) is 0 Å². The van der Waals surface area contributed by atoms with Crippen LogP contribution in [0.5, 0.6) is 11.5 Å². The number of carbonyl (C=O) groups is 1. The molecule has 0 N–H and O–H groups in total. The molecule has 0 spiro atoms. The molecule has 0 bridgehead atoms. The fraction of sp³-hybridized carbons (Fsp3) is 0. The van der Waals surface area contributed by atoms with Crippen LogP contribution in [0.15, 0.2) is 84.9 Å². The van der Waals surface area contributed by atoms with Crippen LogP contribution in [0.3, 0.4) is 0 Å². The lowest BCUT2D eigenvalue weighted by Gasteiger charge is -2.06. The van der Waals surface area contributed by atoms with E-state index in [2.05, 4.69) is 0 Å². The Balaban J connectivity index is 1.65. The topological polar surface area (TPSA) is 35.5 Å². The van der Waals surface area contributed by atoms with Gasteiger partial charge in [-0.1, -0.05) is 60.7 Å². The third-order valence-electron chi connectivity index (χ3n) is 3.11. The van der Waals surface area contributed by atoms with Gasteiger partial charge in [-0.2, -0.15) is 0 Å². The van der Waals surface area contributed by atoms with Gasteiger partial charge in [0, 0.05) is 0 Å². The molecule has 0 unspecified atom stereocenters. The molecule has 0 aromatic heterocycles. The van der Waals surface area contributed by atoms with Crippen LogP contribution in [0.25, 0.3) is 11.1 Å². The maximum absolute atomic E-state index is 11.7. The van der Waals surface area contributed by atoms with Crippen LogP contribution in [0.1, 0.15) is 0 Å². The standard InChI is InChI=1S/C19H14O3/c20-19(21-17-9-5-2-6-10-17)22-18-13-11-16(12-14-18)15-7-3-1-4-8-15/h1-14H. The van der Waals surface area contributed by atoms with Gasteiger partial charge in [-0.15, -0.1) is 0 Å². The van der Waals surface area contributed by atoms with Gasteiger partial charge < -0.3 is 9.47 Å². The molecule has 108 valence electrons. The largest absolute Gasteiger partial charge is 0.519 e. The summed E-state index contributed by atoms with van der Waals surface area (Å²) < 4.78 is 10.2. The van der Waals surface area contributed by atoms with Gasteiger partial charge in [0.1, 0.15) is 11.5 Å². The zero-order valence-electron chi connectivity index (χ0n) is 11.8. The van der Waals surface area contributed by atoms with Gasteiger partial charge >= 0.3 is 6.16 Å². The number of carbonyl (C=O) groups excluding carboxylic acids is 1. The Kier molecular flexibility index (Phi) is 4.16. The molecule has 3 heteroatoms. The van der Waals surface area contributed by atoms with Crippen molar-refractivity contribution in [2.75, 3.05) is 0 Å². The lowest BCUT2D eigenvalue weighted by atomic mass is 10.1. The summed E-state index contributed by atoms with van der Waals surface area (Å²) in [6.07, 6.45) is -0.751. The van der Waals surface area contributed by atoms with Gasteiger partial charge in [-0.3, -0.25) is 0 Å². The minimum Gasteiger partial charge on any atom is -0.395 e. The van der Waals surface area contributed by atoms with E-state index >= 15 is 0 Å². The highest BCUT2D eigenvalue weighted by Gasteiger charge is 2.07. The second kappa shape index (κ2) is 6.59. The normalized spacial score (nSPS) is 10.0. The summed E-state index contributed by atoms with van der Waals surface area (Å²) in [5.74, 6) is 0.897. The molecule has 0 aliphatic carbocycles. The number of ether oxygens (including phenoxy) is 2. The lowest BCUT2D eigenvalue weighted by Crippen LogP contribution is -2.13. The number of para-hydroxylation sites is 1. The van der Waals surface area contributed by atoms with Gasteiger partial charge in [0.25, 0.3) is 0 Å². The predicted octanol–water partition coefficient (Wildman–Crippen LogP) is 4.93. The monoisotopic (exact) mass is 290 g/mol. The second-order valence-electron chi connectivity index (χ2n) is 4.66. The number of benzene rings is 3. The van der Waals surface area contributed by atoms with Crippen LogP contribution in [-0.2, 0) is 0 Å². The maximum Gasteiger partial charge on any atom is 0.519 e. The van der Waals surface area contributed by atoms with Crippen molar-refractivity contribution in [3.8, 4) is 22.6 Å². The first-order valence-corrected chi connectivity index (χ1v) is 6.91. The minimum absolute atomic E-state index is 0.445. The van der Waals surface area contributed by atoms with Crippen LogP contribution in [0, 0.1) is 0 Å². The summed E-state index contributed by atoms with van der Waals surface area (Å²) in [4.78, 5) is 11.7. The highest BCUT2D eigenvalue weighted by molar-refractivity contribution is 5.68. The fourth-order valence-electron chi connectivity index (χ4n) is 2.05. The van der Waals surface area contributed by atoms with E-state index in [1.54, 1.807) is 36.4 Å². The van der Waals surface area contributed by atoms with E-state index in [1.807, 2.05) is 48.5 Å². The van der Waals surface area contributed by atoms with Gasteiger partial charge in [0.2, 0.25) is 0 Å². The summed E-state index contributed by atoms with van der Waals surface area (Å²) in [6.45, 7) is 0. The molecular formula is C19H14O3. The number of hydrogen-bond donors (Lipinski definition) is 0. The van der Waals surface area contributed by atoms with Crippen molar-refractivity contribution in [2.24, 2.45) is 0 Å². The molecule has 0 amide bonds. The lowest BCUT2D eigenvalue weighted by molar-refractivity contribution is 0.152. The molecule has 0 radical (unpaired) electrons. The van der Waals surface area contributed by atoms with Crippen molar-refractivity contribution in [3.05, 3.63) is 84.9 Å². The van der Waals surface area contributed by atoms with E-state index in [0.29, 0.717) is 11.5 Å². The SMILES string of the molecule is O=C(Oc1ccccc1)Oc1ccc(-c2ccccc2)cc1. The van der Waals surface area contributed by atoms with Crippen LogP contribution < -0.4 is 9.47 Å². The molecule has 0 atom stereocenters. The smallest absolute Gasteiger partial charge is 0.395 e. The van der Waals surface area contributed by atoms with Crippen molar-refractivity contribution in [1.82, 2.24) is 0 Å². The molecule has 3 aromatic carbocycles. The minimum atomic E-state index is -0.751. The molecule has 0 fully saturated rings. The van der Waals surface area contributed by atoms with Crippen LogP contribution in [0.4, 0.5) is 4.79 Å². The Labute approximate surface area is 128 Å². The molecule has 0 aliphatic rings. The summed E-state index contributed by atoms with van der Waals surface area (Å²) in [6, 6.07) is 26.1. The Morgan fingerprint density at radius 3 is 1.59 bits per heavy atom. The second-order valence-corrected chi connectivity index (χ2v) is 4.66. The van der Waals surface area contributed by atoms with Gasteiger partial charge in [-0.25, -0.2) is 4.79 Å². The van der Waals surface area contributed by atoms with Crippen LogP contribution in [-0.4, -0.2) is 6.16 Å². The molecule has 0 aliphatic heterocycles. The Morgan fingerprint density at radius 2 is 1.00 bits per heavy atom. The van der Waals surface area contributed by atoms with Gasteiger partial charge in [0.05, 0.1) is 0 Å². The summed E-state index contributed by atoms with van der Waals surface area (Å²) in [5.41, 5.74) is 2.17. The van der Waals surface area contributed by atoms with Crippen molar-refractivity contribution in [3.63, 3.8) is 0 Å². The van der Waals surface area contributed by atoms with Crippen molar-refractivity contribution in [1.29, 1.82) is 0 Å². The highest BCUT2D eigenvalue weighted by Crippen LogP contribution is 2.22. The summed E-state index contributed by atoms with van der Waals surface area (Å²) >= 11 is 0. The Bertz CT molecular complexity index is 735. The van der Waals surface area contributed by atoms with Gasteiger partial charge in [-0.05, 0) is 35.4 Å². The first kappa shape index (κ1) is 13.9. The quantitative estimate of drug-likeness (QED) is 0.506. The average molecular weight is 290 g/mol. The molecule has 0 saturated carbocycles. The van der Waals surface area contributed by atoms with E-state index in [-0.39, 0.29) is 0 Å². The highest BCUT2D eigenvalue weighted by atomic mass is 16.7. The molecule has 3 nitrogen and oxygen atoms in total. The zero-order chi connectivity index (χ0) is 15.2. The van der Waals surface area contributed by atoms with E-state index in [0.717, 1.165) is 11.1 Å². The first-order valence-electron chi connectivity index (χ1n) is 6.91. The van der Waals surface area contributed by atoms with E-state index in [4.69, 9.17) is 9.47 Å². The third kappa shape index (κ3) is 3.52. The van der Waals surface area contributed by atoms with Gasteiger partial charge in [0.15, 0.2) is 0 Å². The average Bonchev–Trinajstić information content (AvgIpc) is 2.57. The first-order chi connectivity index (χ1) is 10.8. The molecular weight excluding hydrogens is 276 g/mol. The Morgan fingerprint density at radius 1 is 0.545 bits per heavy atom. The van der Waals surface area contributed by atoms with E-state index < -0.39 is 6.16 Å². The maximum atomic E-state index is 11.7. The van der Waals surface area contributed by atoms with E-state index in [1.165, 1.54) is 0 Å².